The molecule has 0 fully saturated rings. The highest BCUT2D eigenvalue weighted by Crippen LogP contribution is 1.69. The third-order valence-corrected chi connectivity index (χ3v) is 0.766. The lowest BCUT2D eigenvalue weighted by atomic mass is 10.4. The second-order valence-corrected chi connectivity index (χ2v) is 1.71. The maximum absolute atomic E-state index is 9.93. The summed E-state index contributed by atoms with van der Waals surface area (Å²) in [5, 5.41) is 8.15. The van der Waals surface area contributed by atoms with Crippen LogP contribution < -0.4 is 0 Å². The van der Waals surface area contributed by atoms with Crippen LogP contribution in [0.4, 0.5) is 0 Å². The topological polar surface area (TPSA) is 37.3 Å². The number of allylic oxidation sites excluding steroid dienone is 3. The van der Waals surface area contributed by atoms with Crippen molar-refractivity contribution >= 4 is 5.97 Å². The maximum Gasteiger partial charge on any atom is 0.328 e. The zero-order chi connectivity index (χ0) is 9.23. The van der Waals surface area contributed by atoms with Crippen LogP contribution in [0.15, 0.2) is 24.3 Å². The smallest absolute Gasteiger partial charge is 0.328 e. The summed E-state index contributed by atoms with van der Waals surface area (Å²) in [5.74, 6) is 9.07. The average Bonchev–Trinajstić information content (AvgIpc) is 2.02. The third-order valence-electron chi connectivity index (χ3n) is 0.766. The summed E-state index contributed by atoms with van der Waals surface area (Å²) < 4.78 is 0. The molecule has 1 N–H and O–H groups in total. The highest BCUT2D eigenvalue weighted by atomic mass is 16.4. The zero-order valence-corrected chi connectivity index (χ0v) is 6.66. The molecule has 12 heavy (non-hydrogen) atoms. The second-order valence-electron chi connectivity index (χ2n) is 1.71. The summed E-state index contributed by atoms with van der Waals surface area (Å²) in [4.78, 5) is 9.93. The van der Waals surface area contributed by atoms with Gasteiger partial charge in [-0.15, -0.1) is 0 Å². The number of carboxylic acids is 1. The number of aliphatic carboxylic acids is 1. The second kappa shape index (κ2) is 7.18. The van der Waals surface area contributed by atoms with Crippen molar-refractivity contribution in [2.45, 2.75) is 6.92 Å². The van der Waals surface area contributed by atoms with Crippen LogP contribution in [0.1, 0.15) is 6.92 Å². The fourth-order valence-corrected chi connectivity index (χ4v) is 0.352. The van der Waals surface area contributed by atoms with Gasteiger partial charge in [0, 0.05) is 6.08 Å². The molecule has 2 heteroatoms. The summed E-state index contributed by atoms with van der Waals surface area (Å²) in [6.45, 7) is 1.85. The maximum atomic E-state index is 9.93. The van der Waals surface area contributed by atoms with Crippen LogP contribution in [-0.4, -0.2) is 11.1 Å². The van der Waals surface area contributed by atoms with Crippen molar-refractivity contribution in [2.75, 3.05) is 0 Å². The molecule has 0 amide bonds. The van der Waals surface area contributed by atoms with E-state index in [9.17, 15) is 4.79 Å². The first-order chi connectivity index (χ1) is 5.77. The minimum Gasteiger partial charge on any atom is -0.478 e. The standard InChI is InChI=1S/C10H8O2/c1-2-3-4-5-6-7-8-9-10(11)12/h2-3,8-9H,1H3,(H,11,12)/b3-2+,9-8+. The van der Waals surface area contributed by atoms with Gasteiger partial charge in [0.05, 0.1) is 0 Å². The van der Waals surface area contributed by atoms with E-state index >= 15 is 0 Å². The minimum absolute atomic E-state index is 0.963. The molecule has 0 aliphatic rings. The van der Waals surface area contributed by atoms with E-state index in [1.54, 1.807) is 12.2 Å². The Labute approximate surface area is 71.6 Å². The Bertz CT molecular complexity index is 313. The molecule has 2 nitrogen and oxygen atoms in total. The van der Waals surface area contributed by atoms with Gasteiger partial charge in [-0.2, -0.15) is 0 Å². The lowest BCUT2D eigenvalue weighted by Crippen LogP contribution is -1.84. The van der Waals surface area contributed by atoms with E-state index in [1.165, 1.54) is 6.08 Å². The summed E-state index contributed by atoms with van der Waals surface area (Å²) in [5.41, 5.74) is 0. The first-order valence-corrected chi connectivity index (χ1v) is 3.29. The summed E-state index contributed by atoms with van der Waals surface area (Å²) >= 11 is 0. The van der Waals surface area contributed by atoms with E-state index in [4.69, 9.17) is 5.11 Å². The highest BCUT2D eigenvalue weighted by molar-refractivity contribution is 5.80. The van der Waals surface area contributed by atoms with E-state index in [1.807, 2.05) is 6.92 Å². The van der Waals surface area contributed by atoms with E-state index in [-0.39, 0.29) is 0 Å². The van der Waals surface area contributed by atoms with Crippen LogP contribution in [0.3, 0.4) is 0 Å². The van der Waals surface area contributed by atoms with Crippen LogP contribution in [0.2, 0.25) is 0 Å². The Morgan fingerprint density at radius 1 is 1.25 bits per heavy atom. The van der Waals surface area contributed by atoms with Gasteiger partial charge in [0.25, 0.3) is 0 Å². The Morgan fingerprint density at radius 2 is 1.83 bits per heavy atom. The molecule has 0 aliphatic heterocycles. The van der Waals surface area contributed by atoms with Crippen LogP contribution >= 0.6 is 0 Å². The van der Waals surface area contributed by atoms with Gasteiger partial charge in [-0.05, 0) is 30.9 Å². The summed E-state index contributed by atoms with van der Waals surface area (Å²) in [6, 6.07) is 0. The van der Waals surface area contributed by atoms with Crippen LogP contribution in [0, 0.1) is 23.7 Å². The molecular formula is C10H8O2. The molecule has 0 unspecified atom stereocenters. The summed E-state index contributed by atoms with van der Waals surface area (Å²) in [6.07, 6.45) is 5.66. The van der Waals surface area contributed by atoms with Gasteiger partial charge in [0.1, 0.15) is 0 Å². The predicted octanol–water partition coefficient (Wildman–Crippen LogP) is 1.21. The van der Waals surface area contributed by atoms with Gasteiger partial charge < -0.3 is 5.11 Å². The molecule has 0 radical (unpaired) electrons. The normalized spacial score (nSPS) is 8.75. The highest BCUT2D eigenvalue weighted by Gasteiger charge is 1.78. The van der Waals surface area contributed by atoms with Crippen molar-refractivity contribution < 1.29 is 9.90 Å². The van der Waals surface area contributed by atoms with E-state index in [0.29, 0.717) is 0 Å². The Balaban J connectivity index is 3.93. The SMILES string of the molecule is C/C=C/C#CC#C/C=C/C(=O)O. The van der Waals surface area contributed by atoms with Gasteiger partial charge in [0.2, 0.25) is 0 Å². The van der Waals surface area contributed by atoms with Crippen LogP contribution in [0.5, 0.6) is 0 Å². The lowest BCUT2D eigenvalue weighted by molar-refractivity contribution is -0.131. The molecule has 0 aromatic rings. The lowest BCUT2D eigenvalue weighted by Gasteiger charge is -1.69. The van der Waals surface area contributed by atoms with Crippen molar-refractivity contribution in [2.24, 2.45) is 0 Å². The third kappa shape index (κ3) is 8.07. The number of carboxylic acid groups (broad SMARTS) is 1. The van der Waals surface area contributed by atoms with Crippen molar-refractivity contribution in [3.8, 4) is 23.7 Å². The van der Waals surface area contributed by atoms with Crippen molar-refractivity contribution in [1.82, 2.24) is 0 Å². The van der Waals surface area contributed by atoms with E-state index in [0.717, 1.165) is 6.08 Å². The molecule has 0 atom stereocenters. The molecule has 0 saturated heterocycles. The van der Waals surface area contributed by atoms with Crippen LogP contribution in [-0.2, 0) is 4.79 Å². The van der Waals surface area contributed by atoms with Crippen molar-refractivity contribution in [3.63, 3.8) is 0 Å². The Kier molecular flexibility index (Phi) is 6.03. The molecule has 0 rings (SSSR count). The van der Waals surface area contributed by atoms with Crippen molar-refractivity contribution in [1.29, 1.82) is 0 Å². The zero-order valence-electron chi connectivity index (χ0n) is 6.66. The Morgan fingerprint density at radius 3 is 2.33 bits per heavy atom. The molecule has 0 aliphatic carbocycles. The molecule has 60 valence electrons. The molecular weight excluding hydrogens is 152 g/mol. The summed E-state index contributed by atoms with van der Waals surface area (Å²) in [7, 11) is 0. The largest absolute Gasteiger partial charge is 0.478 e. The van der Waals surface area contributed by atoms with Gasteiger partial charge >= 0.3 is 5.97 Å². The number of hydrogen-bond donors (Lipinski definition) is 1. The predicted molar refractivity (Wildman–Crippen MR) is 47.1 cm³/mol. The first kappa shape index (κ1) is 10.1. The fourth-order valence-electron chi connectivity index (χ4n) is 0.352. The number of carbonyl (C=O) groups is 1. The Hall–Kier alpha value is -1.93. The van der Waals surface area contributed by atoms with E-state index in [2.05, 4.69) is 23.7 Å². The van der Waals surface area contributed by atoms with Crippen molar-refractivity contribution in [3.05, 3.63) is 24.3 Å². The first-order valence-electron chi connectivity index (χ1n) is 3.29. The molecule has 0 aromatic heterocycles. The molecule has 0 spiro atoms. The quantitative estimate of drug-likeness (QED) is 0.462. The number of rotatable bonds is 1. The van der Waals surface area contributed by atoms with Gasteiger partial charge in [-0.1, -0.05) is 17.9 Å². The van der Waals surface area contributed by atoms with Crippen LogP contribution in [0.25, 0.3) is 0 Å². The molecule has 0 heterocycles. The average molecular weight is 160 g/mol. The molecule has 0 bridgehead atoms. The molecule has 0 saturated carbocycles. The van der Waals surface area contributed by atoms with Gasteiger partial charge in [-0.3, -0.25) is 0 Å². The number of hydrogen-bond acceptors (Lipinski definition) is 1. The van der Waals surface area contributed by atoms with E-state index < -0.39 is 5.97 Å². The minimum atomic E-state index is -1.01. The van der Waals surface area contributed by atoms with Gasteiger partial charge in [-0.25, -0.2) is 4.79 Å². The van der Waals surface area contributed by atoms with Gasteiger partial charge in [0.15, 0.2) is 0 Å². The molecule has 0 aromatic carbocycles. The fraction of sp³-hybridized carbons (Fsp3) is 0.100. The monoisotopic (exact) mass is 160 g/mol.